The van der Waals surface area contributed by atoms with Crippen LogP contribution in [0.3, 0.4) is 0 Å². The van der Waals surface area contributed by atoms with Gasteiger partial charge in [-0.3, -0.25) is 4.79 Å². The summed E-state index contributed by atoms with van der Waals surface area (Å²) in [5.41, 5.74) is 0.918. The molecule has 1 heterocycles. The van der Waals surface area contributed by atoms with Crippen molar-refractivity contribution in [1.82, 2.24) is 4.98 Å². The molecule has 1 saturated carbocycles. The maximum Gasteiger partial charge on any atom is 0.358 e. The summed E-state index contributed by atoms with van der Waals surface area (Å²) in [6.07, 6.45) is 2.16. The molecule has 0 bridgehead atoms. The molecule has 1 aromatic carbocycles. The Kier molecular flexibility index (Phi) is 4.29. The highest BCUT2D eigenvalue weighted by Gasteiger charge is 2.27. The molecule has 0 spiro atoms. The maximum atomic E-state index is 12.9. The molecule has 0 aliphatic heterocycles. The summed E-state index contributed by atoms with van der Waals surface area (Å²) in [4.78, 5) is 28.0. The molecule has 0 N–H and O–H groups in total. The molecule has 2 aromatic rings. The highest BCUT2D eigenvalue weighted by atomic mass is 32.1. The van der Waals surface area contributed by atoms with Gasteiger partial charge in [0, 0.05) is 17.4 Å². The number of carbonyl (C=O) groups is 2. The van der Waals surface area contributed by atoms with Crippen LogP contribution in [0.1, 0.15) is 36.2 Å². The first-order valence-electron chi connectivity index (χ1n) is 7.08. The molecule has 1 aromatic heterocycles. The third-order valence-corrected chi connectivity index (χ3v) is 4.44. The molecule has 6 heteroatoms. The lowest BCUT2D eigenvalue weighted by Gasteiger charge is -2.19. The Morgan fingerprint density at radius 3 is 2.77 bits per heavy atom. The van der Waals surface area contributed by atoms with Crippen molar-refractivity contribution in [3.63, 3.8) is 0 Å². The monoisotopic (exact) mass is 319 g/mol. The molecular weight excluding hydrogens is 305 g/mol. The number of nitrogens with zero attached hydrogens (tertiary/aromatic N) is 1. The van der Waals surface area contributed by atoms with E-state index in [2.05, 4.69) is 4.98 Å². The first-order valence-corrected chi connectivity index (χ1v) is 7.96. The van der Waals surface area contributed by atoms with Crippen molar-refractivity contribution in [2.24, 2.45) is 0 Å². The van der Waals surface area contributed by atoms with Gasteiger partial charge in [-0.15, -0.1) is 11.3 Å². The third kappa shape index (κ3) is 3.22. The molecule has 0 radical (unpaired) electrons. The molecule has 22 heavy (non-hydrogen) atoms. The molecular formula is C16H14FNO3S. The fraction of sp³-hybridized carbons (Fsp3) is 0.312. The van der Waals surface area contributed by atoms with E-state index in [1.807, 2.05) is 0 Å². The molecule has 0 saturated heterocycles. The first kappa shape index (κ1) is 14.8. The van der Waals surface area contributed by atoms with Crippen LogP contribution in [0.4, 0.5) is 4.39 Å². The lowest BCUT2D eigenvalue weighted by atomic mass is 9.96. The smallest absolute Gasteiger partial charge is 0.358 e. The number of rotatable bonds is 3. The van der Waals surface area contributed by atoms with E-state index < -0.39 is 12.1 Å². The van der Waals surface area contributed by atoms with E-state index in [1.54, 1.807) is 17.5 Å². The number of hydrogen-bond donors (Lipinski definition) is 0. The molecule has 0 unspecified atom stereocenters. The summed E-state index contributed by atoms with van der Waals surface area (Å²) in [6, 6.07) is 5.90. The van der Waals surface area contributed by atoms with Crippen molar-refractivity contribution in [2.45, 2.75) is 31.8 Å². The van der Waals surface area contributed by atoms with Crippen LogP contribution in [0.25, 0.3) is 10.6 Å². The second-order valence-electron chi connectivity index (χ2n) is 5.15. The zero-order valence-electron chi connectivity index (χ0n) is 11.8. The van der Waals surface area contributed by atoms with Crippen molar-refractivity contribution >= 4 is 23.1 Å². The van der Waals surface area contributed by atoms with Gasteiger partial charge in [0.1, 0.15) is 10.8 Å². The molecule has 1 aliphatic rings. The van der Waals surface area contributed by atoms with Crippen LogP contribution < -0.4 is 0 Å². The van der Waals surface area contributed by atoms with Crippen LogP contribution in [0.5, 0.6) is 0 Å². The number of ketones is 1. The number of Topliss-reactive ketones (excluding diaryl/α,β-unsaturated/α-hetero) is 1. The SMILES string of the molecule is O=C(O[C@H]1CCCCC1=O)c1csc(-c2ccc(F)cc2)n1. The molecule has 1 fully saturated rings. The van der Waals surface area contributed by atoms with Gasteiger partial charge in [-0.2, -0.15) is 0 Å². The first-order chi connectivity index (χ1) is 10.6. The Bertz CT molecular complexity index is 696. The van der Waals surface area contributed by atoms with Crippen LogP contribution in [0, 0.1) is 5.82 Å². The highest BCUT2D eigenvalue weighted by Crippen LogP contribution is 2.25. The van der Waals surface area contributed by atoms with Gasteiger partial charge in [0.2, 0.25) is 0 Å². The van der Waals surface area contributed by atoms with Gasteiger partial charge in [-0.05, 0) is 43.5 Å². The van der Waals surface area contributed by atoms with Crippen molar-refractivity contribution in [3.05, 3.63) is 41.2 Å². The fourth-order valence-electron chi connectivity index (χ4n) is 2.36. The predicted molar refractivity (Wildman–Crippen MR) is 80.2 cm³/mol. The van der Waals surface area contributed by atoms with E-state index in [1.165, 1.54) is 23.5 Å². The van der Waals surface area contributed by atoms with Gasteiger partial charge in [0.25, 0.3) is 0 Å². The largest absolute Gasteiger partial charge is 0.450 e. The molecule has 4 nitrogen and oxygen atoms in total. The van der Waals surface area contributed by atoms with Crippen molar-refractivity contribution < 1.29 is 18.7 Å². The number of aromatic nitrogens is 1. The minimum absolute atomic E-state index is 0.0198. The molecule has 1 atom stereocenters. The fourth-order valence-corrected chi connectivity index (χ4v) is 3.15. The van der Waals surface area contributed by atoms with Gasteiger partial charge >= 0.3 is 5.97 Å². The lowest BCUT2D eigenvalue weighted by molar-refractivity contribution is -0.129. The summed E-state index contributed by atoms with van der Waals surface area (Å²) in [5, 5.41) is 2.20. The summed E-state index contributed by atoms with van der Waals surface area (Å²) in [5.74, 6) is -0.922. The van der Waals surface area contributed by atoms with E-state index >= 15 is 0 Å². The lowest BCUT2D eigenvalue weighted by Crippen LogP contribution is -2.30. The van der Waals surface area contributed by atoms with Gasteiger partial charge in [0.15, 0.2) is 17.6 Å². The second kappa shape index (κ2) is 6.36. The van der Waals surface area contributed by atoms with E-state index in [0.717, 1.165) is 18.4 Å². The number of hydrogen-bond acceptors (Lipinski definition) is 5. The van der Waals surface area contributed by atoms with E-state index in [-0.39, 0.29) is 17.3 Å². The zero-order chi connectivity index (χ0) is 15.5. The standard InChI is InChI=1S/C16H14FNO3S/c17-11-7-5-10(6-8-11)15-18-12(9-22-15)16(20)21-14-4-2-1-3-13(14)19/h5-9,14H,1-4H2/t14-/m0/s1. The average molecular weight is 319 g/mol. The molecule has 0 amide bonds. The van der Waals surface area contributed by atoms with Crippen LogP contribution in [0.15, 0.2) is 29.6 Å². The highest BCUT2D eigenvalue weighted by molar-refractivity contribution is 7.13. The normalized spacial score (nSPS) is 18.2. The number of esters is 1. The Hall–Kier alpha value is -2.08. The Labute approximate surface area is 130 Å². The van der Waals surface area contributed by atoms with Crippen LogP contribution >= 0.6 is 11.3 Å². The minimum atomic E-state index is -0.641. The third-order valence-electron chi connectivity index (χ3n) is 3.55. The van der Waals surface area contributed by atoms with Crippen LogP contribution in [-0.4, -0.2) is 22.8 Å². The summed E-state index contributed by atoms with van der Waals surface area (Å²) in [6.45, 7) is 0. The Morgan fingerprint density at radius 1 is 1.27 bits per heavy atom. The number of carbonyl (C=O) groups excluding carboxylic acids is 2. The molecule has 3 rings (SSSR count). The van der Waals surface area contributed by atoms with Crippen LogP contribution in [0.2, 0.25) is 0 Å². The summed E-state index contributed by atoms with van der Waals surface area (Å²) < 4.78 is 18.2. The van der Waals surface area contributed by atoms with Crippen molar-refractivity contribution in [1.29, 1.82) is 0 Å². The minimum Gasteiger partial charge on any atom is -0.450 e. The summed E-state index contributed by atoms with van der Waals surface area (Å²) in [7, 11) is 0. The van der Waals surface area contributed by atoms with Crippen molar-refractivity contribution in [3.8, 4) is 10.6 Å². The van der Waals surface area contributed by atoms with E-state index in [0.29, 0.717) is 17.8 Å². The number of ether oxygens (including phenoxy) is 1. The average Bonchev–Trinajstić information content (AvgIpc) is 3.00. The molecule has 1 aliphatic carbocycles. The van der Waals surface area contributed by atoms with E-state index in [4.69, 9.17) is 4.74 Å². The molecule has 114 valence electrons. The van der Waals surface area contributed by atoms with Crippen LogP contribution in [-0.2, 0) is 9.53 Å². The quantitative estimate of drug-likeness (QED) is 0.811. The van der Waals surface area contributed by atoms with Gasteiger partial charge in [0.05, 0.1) is 0 Å². The van der Waals surface area contributed by atoms with Crippen molar-refractivity contribution in [2.75, 3.05) is 0 Å². The van der Waals surface area contributed by atoms with Gasteiger partial charge in [-0.1, -0.05) is 0 Å². The topological polar surface area (TPSA) is 56.3 Å². The Balaban J connectivity index is 1.71. The van der Waals surface area contributed by atoms with E-state index in [9.17, 15) is 14.0 Å². The maximum absolute atomic E-state index is 12.9. The van der Waals surface area contributed by atoms with Gasteiger partial charge in [-0.25, -0.2) is 14.2 Å². The summed E-state index contributed by atoms with van der Waals surface area (Å²) >= 11 is 1.28. The zero-order valence-corrected chi connectivity index (χ0v) is 12.6. The predicted octanol–water partition coefficient (Wildman–Crippen LogP) is 3.62. The number of halogens is 1. The number of benzene rings is 1. The van der Waals surface area contributed by atoms with Gasteiger partial charge < -0.3 is 4.74 Å². The Morgan fingerprint density at radius 2 is 2.05 bits per heavy atom. The number of thiazole rings is 1. The second-order valence-corrected chi connectivity index (χ2v) is 6.01.